The van der Waals surface area contributed by atoms with E-state index in [1.165, 1.54) is 0 Å². The molecular weight excluding hydrogens is 320 g/mol. The molecule has 2 bridgehead atoms. The van der Waals surface area contributed by atoms with Gasteiger partial charge >= 0.3 is 0 Å². The summed E-state index contributed by atoms with van der Waals surface area (Å²) >= 11 is 6.62. The molecule has 2 heterocycles. The Labute approximate surface area is 93.3 Å². The normalized spacial score (nSPS) is 59.2. The second-order valence-corrected chi connectivity index (χ2v) is 9.70. The van der Waals surface area contributed by atoms with Crippen molar-refractivity contribution in [1.82, 2.24) is 0 Å². The molecule has 3 aliphatic rings. The van der Waals surface area contributed by atoms with E-state index in [9.17, 15) is 8.42 Å². The molecule has 0 aromatic rings. The first kappa shape index (κ1) is 8.68. The lowest BCUT2D eigenvalue weighted by Gasteiger charge is -2.29. The van der Waals surface area contributed by atoms with Gasteiger partial charge in [0.2, 0.25) is 0 Å². The Bertz CT molecular complexity index is 429. The first-order valence-corrected chi connectivity index (χ1v) is 7.01. The van der Waals surface area contributed by atoms with Gasteiger partial charge in [-0.2, -0.15) is 0 Å². The van der Waals surface area contributed by atoms with Gasteiger partial charge in [-0.1, -0.05) is 56.2 Å². The molecule has 13 heavy (non-hydrogen) atoms. The topological polar surface area (TPSA) is 34.1 Å². The summed E-state index contributed by atoms with van der Waals surface area (Å²) in [5.74, 6) is 0.254. The molecule has 2 aliphatic heterocycles. The van der Waals surface area contributed by atoms with E-state index in [0.717, 1.165) is 0 Å². The van der Waals surface area contributed by atoms with Crippen LogP contribution < -0.4 is 0 Å². The van der Waals surface area contributed by atoms with E-state index in [1.54, 1.807) is 12.2 Å². The molecule has 0 spiro atoms. The molecule has 3 rings (SSSR count). The number of hydrogen-bond donors (Lipinski definition) is 0. The molecule has 0 N–H and O–H groups in total. The average molecular weight is 326 g/mol. The average Bonchev–Trinajstić information content (AvgIpc) is 2.68. The van der Waals surface area contributed by atoms with Crippen LogP contribution in [0.1, 0.15) is 0 Å². The predicted molar refractivity (Wildman–Crippen MR) is 57.5 cm³/mol. The van der Waals surface area contributed by atoms with E-state index in [0.29, 0.717) is 0 Å². The van der Waals surface area contributed by atoms with Crippen molar-refractivity contribution in [2.75, 3.05) is 0 Å². The third kappa shape index (κ3) is 0.679. The molecule has 1 aliphatic carbocycles. The molecule has 0 aromatic heterocycles. The van der Waals surface area contributed by atoms with Crippen LogP contribution in [0.4, 0.5) is 0 Å². The molecule has 0 radical (unpaired) electrons. The highest BCUT2D eigenvalue weighted by Crippen LogP contribution is 2.70. The van der Waals surface area contributed by atoms with Crippen molar-refractivity contribution in [3.05, 3.63) is 24.3 Å². The Morgan fingerprint density at radius 1 is 1.08 bits per heavy atom. The molecule has 2 unspecified atom stereocenters. The summed E-state index contributed by atoms with van der Waals surface area (Å²) in [6.45, 7) is 0. The second kappa shape index (κ2) is 1.99. The lowest BCUT2D eigenvalue weighted by molar-refractivity contribution is 0.583. The fourth-order valence-electron chi connectivity index (χ4n) is 2.19. The number of sulfone groups is 1. The number of fused-ring (bicyclic) bond motifs is 2. The molecule has 0 amide bonds. The number of halogens is 2. The maximum atomic E-state index is 12.1. The van der Waals surface area contributed by atoms with Crippen molar-refractivity contribution >= 4 is 41.7 Å². The molecule has 0 aromatic carbocycles. The number of rotatable bonds is 0. The maximum Gasteiger partial charge on any atom is 0.190 e. The first-order valence-electron chi connectivity index (χ1n) is 3.94. The van der Waals surface area contributed by atoms with Gasteiger partial charge in [-0.05, 0) is 0 Å². The Hall–Kier alpha value is 0.390. The van der Waals surface area contributed by atoms with Crippen LogP contribution in [-0.4, -0.2) is 15.7 Å². The molecule has 1 fully saturated rings. The standard InChI is InChI=1S/C8H6Br2O2S/c9-7-3-1-5-6(2-4-7)8(5,10)13(7,11)12/h1-6H/t5-,6+,7?,8?. The molecule has 4 atom stereocenters. The smallest absolute Gasteiger partial charge is 0.190 e. The minimum atomic E-state index is -3.17. The second-order valence-electron chi connectivity index (χ2n) is 3.67. The van der Waals surface area contributed by atoms with Crippen molar-refractivity contribution in [1.29, 1.82) is 0 Å². The largest absolute Gasteiger partial charge is 0.225 e. The summed E-state index contributed by atoms with van der Waals surface area (Å²) in [7, 11) is -3.17. The third-order valence-corrected chi connectivity index (χ3v) is 9.68. The molecule has 1 saturated carbocycles. The van der Waals surface area contributed by atoms with Crippen LogP contribution in [0, 0.1) is 11.8 Å². The SMILES string of the molecule is O=S1(=O)C2(Br)C=C[C@@H]3[C@H](C=C2)C31Br. The summed E-state index contributed by atoms with van der Waals surface area (Å²) < 4.78 is 22.4. The lowest BCUT2D eigenvalue weighted by atomic mass is 10.3. The van der Waals surface area contributed by atoms with Gasteiger partial charge in [0.05, 0.1) is 0 Å². The monoisotopic (exact) mass is 324 g/mol. The highest BCUT2D eigenvalue weighted by molar-refractivity contribution is 9.14. The molecule has 5 heteroatoms. The van der Waals surface area contributed by atoms with Gasteiger partial charge in [0.1, 0.15) is 3.66 Å². The van der Waals surface area contributed by atoms with Crippen LogP contribution >= 0.6 is 31.9 Å². The Balaban J connectivity index is 2.41. The van der Waals surface area contributed by atoms with Crippen LogP contribution in [0.3, 0.4) is 0 Å². The molecule has 2 nitrogen and oxygen atoms in total. The Kier molecular flexibility index (Phi) is 1.33. The van der Waals surface area contributed by atoms with Crippen LogP contribution in [0.25, 0.3) is 0 Å². The van der Waals surface area contributed by atoms with Crippen LogP contribution in [0.2, 0.25) is 0 Å². The van der Waals surface area contributed by atoms with Crippen LogP contribution in [0.15, 0.2) is 24.3 Å². The Morgan fingerprint density at radius 2 is 1.54 bits per heavy atom. The molecule has 0 saturated heterocycles. The summed E-state index contributed by atoms with van der Waals surface area (Å²) in [6, 6.07) is 0. The number of allylic oxidation sites excluding steroid dienone is 2. The van der Waals surface area contributed by atoms with Crippen molar-refractivity contribution in [2.45, 2.75) is 7.31 Å². The van der Waals surface area contributed by atoms with E-state index in [1.807, 2.05) is 12.2 Å². The minimum absolute atomic E-state index is 0.127. The van der Waals surface area contributed by atoms with E-state index < -0.39 is 17.1 Å². The Morgan fingerprint density at radius 3 is 1.92 bits per heavy atom. The van der Waals surface area contributed by atoms with E-state index in [4.69, 9.17) is 0 Å². The highest BCUT2D eigenvalue weighted by Gasteiger charge is 2.76. The van der Waals surface area contributed by atoms with Crippen LogP contribution in [-0.2, 0) is 9.84 Å². The van der Waals surface area contributed by atoms with Gasteiger partial charge in [-0.3, -0.25) is 0 Å². The van der Waals surface area contributed by atoms with Gasteiger partial charge in [-0.25, -0.2) is 8.42 Å². The quantitative estimate of drug-likeness (QED) is 0.504. The lowest BCUT2D eigenvalue weighted by Crippen LogP contribution is -2.40. The number of hydrogen-bond acceptors (Lipinski definition) is 2. The van der Waals surface area contributed by atoms with Crippen molar-refractivity contribution in [3.8, 4) is 0 Å². The van der Waals surface area contributed by atoms with Crippen molar-refractivity contribution < 1.29 is 8.42 Å². The third-order valence-electron chi connectivity index (χ3n) is 3.07. The van der Waals surface area contributed by atoms with E-state index in [2.05, 4.69) is 31.9 Å². The zero-order chi connectivity index (χ0) is 9.48. The van der Waals surface area contributed by atoms with Gasteiger partial charge in [0, 0.05) is 11.8 Å². The highest BCUT2D eigenvalue weighted by atomic mass is 79.9. The fourth-order valence-corrected chi connectivity index (χ4v) is 7.59. The van der Waals surface area contributed by atoms with Gasteiger partial charge < -0.3 is 0 Å². The van der Waals surface area contributed by atoms with Gasteiger partial charge in [-0.15, -0.1) is 0 Å². The molecule has 70 valence electrons. The summed E-state index contributed by atoms with van der Waals surface area (Å²) in [6.07, 6.45) is 7.43. The first-order chi connectivity index (χ1) is 5.93. The summed E-state index contributed by atoms with van der Waals surface area (Å²) in [4.78, 5) is 0. The zero-order valence-corrected chi connectivity index (χ0v) is 10.4. The maximum absolute atomic E-state index is 12.1. The van der Waals surface area contributed by atoms with E-state index >= 15 is 0 Å². The van der Waals surface area contributed by atoms with Crippen LogP contribution in [0.5, 0.6) is 0 Å². The molecular formula is C8H6Br2O2S. The zero-order valence-electron chi connectivity index (χ0n) is 6.44. The summed E-state index contributed by atoms with van der Waals surface area (Å²) in [5.41, 5.74) is 0. The predicted octanol–water partition coefficient (Wildman–Crippen LogP) is 1.97. The fraction of sp³-hybridized carbons (Fsp3) is 0.500. The van der Waals surface area contributed by atoms with E-state index in [-0.39, 0.29) is 11.8 Å². The van der Waals surface area contributed by atoms with Gasteiger partial charge in [0.25, 0.3) is 0 Å². The van der Waals surface area contributed by atoms with Crippen molar-refractivity contribution in [2.24, 2.45) is 11.8 Å². The number of alkyl halides is 2. The van der Waals surface area contributed by atoms with Gasteiger partial charge in [0.15, 0.2) is 13.5 Å². The minimum Gasteiger partial charge on any atom is -0.225 e. The van der Waals surface area contributed by atoms with Crippen molar-refractivity contribution in [3.63, 3.8) is 0 Å². The summed E-state index contributed by atoms with van der Waals surface area (Å²) in [5, 5.41) is 0.